The Morgan fingerprint density at radius 3 is 2.54 bits per heavy atom. The molecule has 2 saturated heterocycles. The lowest BCUT2D eigenvalue weighted by Gasteiger charge is -2.37. The molecule has 2 aromatic carbocycles. The van der Waals surface area contributed by atoms with Gasteiger partial charge in [0.2, 0.25) is 5.91 Å². The van der Waals surface area contributed by atoms with E-state index in [2.05, 4.69) is 41.8 Å². The molecule has 0 radical (unpaired) electrons. The van der Waals surface area contributed by atoms with Crippen molar-refractivity contribution in [2.75, 3.05) is 50.8 Å². The maximum atomic E-state index is 13.4. The fourth-order valence-corrected chi connectivity index (χ4v) is 5.51. The highest BCUT2D eigenvalue weighted by molar-refractivity contribution is 5.79. The lowest BCUT2D eigenvalue weighted by atomic mass is 9.87. The van der Waals surface area contributed by atoms with Crippen LogP contribution in [-0.2, 0) is 22.6 Å². The monoisotopic (exact) mass is 481 g/mol. The Morgan fingerprint density at radius 1 is 1.03 bits per heavy atom. The highest BCUT2D eigenvalue weighted by Gasteiger charge is 2.35. The number of carbonyl (C=O) groups is 1. The number of fused-ring (bicyclic) bond motifs is 1. The second kappa shape index (κ2) is 10.2. The van der Waals surface area contributed by atoms with Crippen LogP contribution in [-0.4, -0.2) is 67.2 Å². The second-order valence-electron chi connectivity index (χ2n) is 10.6. The summed E-state index contributed by atoms with van der Waals surface area (Å²) in [4.78, 5) is 20.1. The first kappa shape index (κ1) is 24.1. The van der Waals surface area contributed by atoms with Crippen molar-refractivity contribution in [2.24, 2.45) is 5.92 Å². The summed E-state index contributed by atoms with van der Waals surface area (Å²) in [5.74, 6) is 0.926. The minimum Gasteiger partial charge on any atom is -0.491 e. The van der Waals surface area contributed by atoms with Crippen molar-refractivity contribution in [1.29, 1.82) is 0 Å². The van der Waals surface area contributed by atoms with Gasteiger partial charge in [0.25, 0.3) is 0 Å². The molecule has 3 aliphatic heterocycles. The molecule has 0 aliphatic carbocycles. The molecule has 2 fully saturated rings. The molecule has 0 saturated carbocycles. The minimum absolute atomic E-state index is 0.0147. The Hall–Kier alpha value is -2.64. The first-order valence-electron chi connectivity index (χ1n) is 12.8. The topological polar surface area (TPSA) is 45.2 Å². The number of carbonyl (C=O) groups excluding carboxylic acids is 1. The Bertz CT molecular complexity index is 1030. The number of ether oxygens (including phenoxy) is 2. The number of halogens is 1. The van der Waals surface area contributed by atoms with E-state index in [1.807, 2.05) is 17.0 Å². The number of amides is 1. The molecule has 6 nitrogen and oxygen atoms in total. The summed E-state index contributed by atoms with van der Waals surface area (Å²) in [6.45, 7) is 11.1. The summed E-state index contributed by atoms with van der Waals surface area (Å²) < 4.78 is 25.1. The van der Waals surface area contributed by atoms with Crippen LogP contribution < -0.4 is 9.64 Å². The van der Waals surface area contributed by atoms with Gasteiger partial charge in [0.05, 0.1) is 12.1 Å². The molecule has 2 aromatic rings. The van der Waals surface area contributed by atoms with E-state index in [4.69, 9.17) is 9.47 Å². The van der Waals surface area contributed by atoms with E-state index in [0.29, 0.717) is 26.3 Å². The van der Waals surface area contributed by atoms with Crippen molar-refractivity contribution >= 4 is 11.6 Å². The summed E-state index contributed by atoms with van der Waals surface area (Å²) >= 11 is 0. The van der Waals surface area contributed by atoms with E-state index < -0.39 is 0 Å². The fourth-order valence-electron chi connectivity index (χ4n) is 5.51. The zero-order valence-corrected chi connectivity index (χ0v) is 20.8. The van der Waals surface area contributed by atoms with Crippen LogP contribution in [0.25, 0.3) is 0 Å². The van der Waals surface area contributed by atoms with Crippen molar-refractivity contribution < 1.29 is 18.7 Å². The first-order chi connectivity index (χ1) is 16.9. The van der Waals surface area contributed by atoms with E-state index in [9.17, 15) is 9.18 Å². The Labute approximate surface area is 207 Å². The number of anilines is 1. The van der Waals surface area contributed by atoms with Crippen LogP contribution in [0.4, 0.5) is 10.1 Å². The van der Waals surface area contributed by atoms with Crippen LogP contribution in [0.3, 0.4) is 0 Å². The molecule has 1 atom stereocenters. The van der Waals surface area contributed by atoms with Crippen molar-refractivity contribution in [3.05, 3.63) is 59.4 Å². The normalized spacial score (nSPS) is 22.8. The van der Waals surface area contributed by atoms with Gasteiger partial charge < -0.3 is 19.3 Å². The zero-order chi connectivity index (χ0) is 24.4. The van der Waals surface area contributed by atoms with Gasteiger partial charge >= 0.3 is 0 Å². The molecule has 0 bridgehead atoms. The highest BCUT2D eigenvalue weighted by Crippen LogP contribution is 2.32. The number of hydrogen-bond donors (Lipinski definition) is 0. The molecule has 1 amide bonds. The third-order valence-corrected chi connectivity index (χ3v) is 7.43. The Morgan fingerprint density at radius 2 is 1.80 bits per heavy atom. The zero-order valence-electron chi connectivity index (χ0n) is 20.8. The van der Waals surface area contributed by atoms with Crippen molar-refractivity contribution in [3.63, 3.8) is 0 Å². The third-order valence-electron chi connectivity index (χ3n) is 7.43. The van der Waals surface area contributed by atoms with E-state index in [-0.39, 0.29) is 23.2 Å². The summed E-state index contributed by atoms with van der Waals surface area (Å²) in [6.07, 6.45) is 1.55. The van der Waals surface area contributed by atoms with Crippen LogP contribution in [0.15, 0.2) is 42.5 Å². The van der Waals surface area contributed by atoms with Crippen molar-refractivity contribution in [3.8, 4) is 5.75 Å². The van der Waals surface area contributed by atoms with Gasteiger partial charge in [-0.05, 0) is 68.7 Å². The quantitative estimate of drug-likeness (QED) is 0.659. The summed E-state index contributed by atoms with van der Waals surface area (Å²) in [6, 6.07) is 13.2. The maximum absolute atomic E-state index is 13.4. The molecule has 7 heteroatoms. The van der Waals surface area contributed by atoms with E-state index in [1.165, 1.54) is 17.7 Å². The molecular weight excluding hydrogens is 445 g/mol. The molecule has 3 aliphatic rings. The summed E-state index contributed by atoms with van der Waals surface area (Å²) in [5.41, 5.74) is 3.16. The largest absolute Gasteiger partial charge is 0.491 e. The Kier molecular flexibility index (Phi) is 6.98. The molecule has 5 rings (SSSR count). The van der Waals surface area contributed by atoms with E-state index >= 15 is 0 Å². The standard InChI is InChI=1S/C28H36FN3O3/c1-28(2)18-22(9-15-35-28)27(33)32-14-16-34-26-8-3-21(17-23(26)20-32)19-30-10-12-31(13-11-30)25-6-4-24(29)5-7-25/h3-8,17,22H,9-16,18-20H2,1-2H3/t22-/m0/s1. The Balaban J connectivity index is 1.20. The summed E-state index contributed by atoms with van der Waals surface area (Å²) in [5, 5.41) is 0. The van der Waals surface area contributed by atoms with E-state index in [0.717, 1.165) is 62.6 Å². The molecule has 0 unspecified atom stereocenters. The van der Waals surface area contributed by atoms with Gasteiger partial charge in [0.15, 0.2) is 0 Å². The number of benzene rings is 2. The molecule has 0 aromatic heterocycles. The van der Waals surface area contributed by atoms with Crippen LogP contribution in [0.5, 0.6) is 5.75 Å². The average molecular weight is 482 g/mol. The number of nitrogens with zero attached hydrogens (tertiary/aromatic N) is 3. The number of rotatable bonds is 4. The van der Waals surface area contributed by atoms with Crippen LogP contribution in [0.2, 0.25) is 0 Å². The second-order valence-corrected chi connectivity index (χ2v) is 10.6. The summed E-state index contributed by atoms with van der Waals surface area (Å²) in [7, 11) is 0. The number of hydrogen-bond acceptors (Lipinski definition) is 5. The van der Waals surface area contributed by atoms with Gasteiger partial charge in [-0.25, -0.2) is 4.39 Å². The highest BCUT2D eigenvalue weighted by atomic mass is 19.1. The fraction of sp³-hybridized carbons (Fsp3) is 0.536. The van der Waals surface area contributed by atoms with Gasteiger partial charge in [-0.2, -0.15) is 0 Å². The van der Waals surface area contributed by atoms with Gasteiger partial charge in [0, 0.05) is 63.0 Å². The van der Waals surface area contributed by atoms with Crippen LogP contribution in [0, 0.1) is 11.7 Å². The SMILES string of the molecule is CC1(C)C[C@@H](C(=O)N2CCOc3ccc(CN4CCN(c5ccc(F)cc5)CC4)cc3C2)CCO1. The van der Waals surface area contributed by atoms with Gasteiger partial charge in [-0.1, -0.05) is 6.07 Å². The van der Waals surface area contributed by atoms with Gasteiger partial charge in [-0.3, -0.25) is 9.69 Å². The maximum Gasteiger partial charge on any atom is 0.226 e. The van der Waals surface area contributed by atoms with Crippen molar-refractivity contribution in [1.82, 2.24) is 9.80 Å². The molecule has 188 valence electrons. The smallest absolute Gasteiger partial charge is 0.226 e. The molecule has 3 heterocycles. The van der Waals surface area contributed by atoms with Gasteiger partial charge in [-0.15, -0.1) is 0 Å². The lowest BCUT2D eigenvalue weighted by molar-refractivity contribution is -0.146. The third kappa shape index (κ3) is 5.78. The van der Waals surface area contributed by atoms with E-state index in [1.54, 1.807) is 0 Å². The average Bonchev–Trinajstić information content (AvgIpc) is 3.06. The molecule has 35 heavy (non-hydrogen) atoms. The number of piperazine rings is 1. The van der Waals surface area contributed by atoms with Crippen LogP contribution in [0.1, 0.15) is 37.8 Å². The molecule has 0 spiro atoms. The predicted octanol–water partition coefficient (Wildman–Crippen LogP) is 4.07. The minimum atomic E-state index is -0.243. The molecular formula is C28H36FN3O3. The molecule has 0 N–H and O–H groups in total. The van der Waals surface area contributed by atoms with Crippen molar-refractivity contribution in [2.45, 2.75) is 45.4 Å². The van der Waals surface area contributed by atoms with Gasteiger partial charge in [0.1, 0.15) is 18.2 Å². The lowest BCUT2D eigenvalue weighted by Crippen LogP contribution is -2.46. The van der Waals surface area contributed by atoms with Crippen LogP contribution >= 0.6 is 0 Å². The first-order valence-corrected chi connectivity index (χ1v) is 12.8. The predicted molar refractivity (Wildman–Crippen MR) is 134 cm³/mol.